The zero-order valence-electron chi connectivity index (χ0n) is 16.7. The summed E-state index contributed by atoms with van der Waals surface area (Å²) in [6, 6.07) is 4.50. The summed E-state index contributed by atoms with van der Waals surface area (Å²) in [5.74, 6) is 0.312. The van der Waals surface area contributed by atoms with Crippen LogP contribution in [0.5, 0.6) is 0 Å². The Labute approximate surface area is 193 Å². The van der Waals surface area contributed by atoms with Crippen LogP contribution in [0.1, 0.15) is 31.4 Å². The Morgan fingerprint density at radius 3 is 2.73 bits per heavy atom. The van der Waals surface area contributed by atoms with Gasteiger partial charge >= 0.3 is 0 Å². The smallest absolute Gasteiger partial charge is 0.213 e. The van der Waals surface area contributed by atoms with E-state index in [1.807, 2.05) is 4.57 Å². The number of nitrogens with zero attached hydrogens (tertiary/aromatic N) is 4. The molecule has 0 bridgehead atoms. The molecule has 2 heterocycles. The van der Waals surface area contributed by atoms with Crippen LogP contribution in [0, 0.1) is 3.57 Å². The van der Waals surface area contributed by atoms with E-state index in [0.717, 1.165) is 22.9 Å². The SMILES string of the molecule is CC(C)S(=O)(=O)NCCn1c(Sc2cc3c(cc2I)CCC3)nc2c(N)ncnc21. The summed E-state index contributed by atoms with van der Waals surface area (Å²) in [7, 11) is -3.35. The van der Waals surface area contributed by atoms with Gasteiger partial charge in [-0.3, -0.25) is 0 Å². The van der Waals surface area contributed by atoms with Crippen LogP contribution in [0.15, 0.2) is 28.5 Å². The Bertz CT molecular complexity index is 1210. The zero-order chi connectivity index (χ0) is 21.5. The van der Waals surface area contributed by atoms with Gasteiger partial charge in [0.1, 0.15) is 6.33 Å². The molecule has 1 aliphatic rings. The fraction of sp³-hybridized carbons (Fsp3) is 0.421. The number of sulfonamides is 1. The molecule has 11 heteroatoms. The first kappa shape index (κ1) is 21.8. The normalized spacial score (nSPS) is 14.0. The van der Waals surface area contributed by atoms with Gasteiger partial charge in [0.05, 0.1) is 5.25 Å². The van der Waals surface area contributed by atoms with Gasteiger partial charge in [-0.1, -0.05) is 11.8 Å². The highest BCUT2D eigenvalue weighted by Crippen LogP contribution is 2.36. The molecule has 1 aliphatic carbocycles. The van der Waals surface area contributed by atoms with E-state index in [-0.39, 0.29) is 6.54 Å². The number of hydrogen-bond acceptors (Lipinski definition) is 7. The van der Waals surface area contributed by atoms with Crippen molar-refractivity contribution in [2.45, 2.75) is 55.0 Å². The highest BCUT2D eigenvalue weighted by Gasteiger charge is 2.20. The second-order valence-corrected chi connectivity index (χ2v) is 12.0. The quantitative estimate of drug-likeness (QED) is 0.429. The number of aryl methyl sites for hydroxylation is 2. The number of nitrogen functional groups attached to an aromatic ring is 1. The third kappa shape index (κ3) is 4.30. The molecule has 0 unspecified atom stereocenters. The predicted octanol–water partition coefficient (Wildman–Crippen LogP) is 2.98. The third-order valence-electron chi connectivity index (χ3n) is 5.13. The number of benzene rings is 1. The topological polar surface area (TPSA) is 116 Å². The van der Waals surface area contributed by atoms with Crippen LogP contribution in [0.2, 0.25) is 0 Å². The first-order chi connectivity index (χ1) is 14.3. The van der Waals surface area contributed by atoms with Gasteiger partial charge < -0.3 is 10.3 Å². The van der Waals surface area contributed by atoms with Gasteiger partial charge in [-0.15, -0.1) is 0 Å². The largest absolute Gasteiger partial charge is 0.382 e. The van der Waals surface area contributed by atoms with Crippen molar-refractivity contribution < 1.29 is 8.42 Å². The standard InChI is InChI=1S/C19H23IN6O2S2/c1-11(2)30(27,28)24-6-7-26-18-16(17(21)22-10-23-18)25-19(26)29-15-9-13-5-3-4-12(13)8-14(15)20/h8-11,24H,3-7H2,1-2H3,(H2,21,22,23). The van der Waals surface area contributed by atoms with Crippen molar-refractivity contribution in [1.82, 2.24) is 24.2 Å². The van der Waals surface area contributed by atoms with E-state index in [2.05, 4.69) is 54.4 Å². The number of fused-ring (bicyclic) bond motifs is 2. The Morgan fingerprint density at radius 2 is 2.00 bits per heavy atom. The summed E-state index contributed by atoms with van der Waals surface area (Å²) < 4.78 is 30.0. The molecule has 0 saturated carbocycles. The second kappa shape index (κ2) is 8.60. The van der Waals surface area contributed by atoms with E-state index in [4.69, 9.17) is 5.73 Å². The van der Waals surface area contributed by atoms with E-state index in [1.165, 1.54) is 27.4 Å². The monoisotopic (exact) mass is 558 g/mol. The molecule has 0 radical (unpaired) electrons. The molecule has 0 aliphatic heterocycles. The Balaban J connectivity index is 1.67. The van der Waals surface area contributed by atoms with E-state index >= 15 is 0 Å². The maximum atomic E-state index is 12.1. The number of nitrogens with one attached hydrogen (secondary N) is 1. The van der Waals surface area contributed by atoms with Gasteiger partial charge in [-0.25, -0.2) is 28.1 Å². The van der Waals surface area contributed by atoms with Crippen molar-refractivity contribution in [3.05, 3.63) is 33.2 Å². The molecule has 0 amide bonds. The van der Waals surface area contributed by atoms with Crippen molar-refractivity contribution in [3.8, 4) is 0 Å². The molecule has 0 saturated heterocycles. The molecule has 8 nitrogen and oxygen atoms in total. The van der Waals surface area contributed by atoms with E-state index in [1.54, 1.807) is 25.6 Å². The number of aromatic nitrogens is 4. The third-order valence-corrected chi connectivity index (χ3v) is 9.29. The fourth-order valence-electron chi connectivity index (χ4n) is 3.43. The van der Waals surface area contributed by atoms with Crippen LogP contribution in [0.3, 0.4) is 0 Å². The van der Waals surface area contributed by atoms with Gasteiger partial charge in [0.15, 0.2) is 22.1 Å². The molecule has 160 valence electrons. The number of halogens is 1. The van der Waals surface area contributed by atoms with Crippen molar-refractivity contribution in [1.29, 1.82) is 0 Å². The van der Waals surface area contributed by atoms with Crippen LogP contribution in [0.4, 0.5) is 5.82 Å². The van der Waals surface area contributed by atoms with Gasteiger partial charge in [0.25, 0.3) is 0 Å². The average molecular weight is 558 g/mol. The number of anilines is 1. The summed E-state index contributed by atoms with van der Waals surface area (Å²) in [5.41, 5.74) is 9.98. The maximum absolute atomic E-state index is 12.1. The lowest BCUT2D eigenvalue weighted by Gasteiger charge is -2.12. The van der Waals surface area contributed by atoms with E-state index < -0.39 is 15.3 Å². The predicted molar refractivity (Wildman–Crippen MR) is 127 cm³/mol. The van der Waals surface area contributed by atoms with E-state index in [9.17, 15) is 8.42 Å². The summed E-state index contributed by atoms with van der Waals surface area (Å²) in [4.78, 5) is 14.2. The second-order valence-electron chi connectivity index (χ2n) is 7.47. The minimum atomic E-state index is -3.35. The van der Waals surface area contributed by atoms with Crippen molar-refractivity contribution >= 4 is 61.4 Å². The van der Waals surface area contributed by atoms with Gasteiger partial charge in [-0.2, -0.15) is 0 Å². The van der Waals surface area contributed by atoms with Crippen LogP contribution in [0.25, 0.3) is 11.2 Å². The molecular weight excluding hydrogens is 535 g/mol. The highest BCUT2D eigenvalue weighted by molar-refractivity contribution is 14.1. The highest BCUT2D eigenvalue weighted by atomic mass is 127. The molecule has 4 rings (SSSR count). The van der Waals surface area contributed by atoms with Crippen LogP contribution in [-0.2, 0) is 29.4 Å². The lowest BCUT2D eigenvalue weighted by atomic mass is 10.1. The number of nitrogens with two attached hydrogens (primary N) is 1. The van der Waals surface area contributed by atoms with Gasteiger partial charge in [0, 0.05) is 21.6 Å². The lowest BCUT2D eigenvalue weighted by Crippen LogP contribution is -2.33. The van der Waals surface area contributed by atoms with Crippen molar-refractivity contribution in [3.63, 3.8) is 0 Å². The number of imidazole rings is 1. The zero-order valence-corrected chi connectivity index (χ0v) is 20.5. The Hall–Kier alpha value is -1.44. The first-order valence-corrected chi connectivity index (χ1v) is 13.1. The summed E-state index contributed by atoms with van der Waals surface area (Å²) in [5, 5.41) is 0.230. The molecule has 0 spiro atoms. The molecule has 30 heavy (non-hydrogen) atoms. The van der Waals surface area contributed by atoms with Gasteiger partial charge in [-0.05, 0) is 79.0 Å². The Morgan fingerprint density at radius 1 is 1.27 bits per heavy atom. The van der Waals surface area contributed by atoms with Crippen molar-refractivity contribution in [2.24, 2.45) is 0 Å². The fourth-order valence-corrected chi connectivity index (χ4v) is 5.98. The number of hydrogen-bond donors (Lipinski definition) is 2. The molecule has 0 atom stereocenters. The minimum absolute atomic E-state index is 0.241. The summed E-state index contributed by atoms with van der Waals surface area (Å²) >= 11 is 3.91. The lowest BCUT2D eigenvalue weighted by molar-refractivity contribution is 0.560. The van der Waals surface area contributed by atoms with Crippen LogP contribution < -0.4 is 10.5 Å². The van der Waals surface area contributed by atoms with Crippen molar-refractivity contribution in [2.75, 3.05) is 12.3 Å². The molecule has 3 aromatic rings. The molecule has 3 N–H and O–H groups in total. The van der Waals surface area contributed by atoms with E-state index in [0.29, 0.717) is 23.5 Å². The maximum Gasteiger partial charge on any atom is 0.213 e. The minimum Gasteiger partial charge on any atom is -0.382 e. The number of rotatable bonds is 7. The van der Waals surface area contributed by atoms with Gasteiger partial charge in [0.2, 0.25) is 10.0 Å². The first-order valence-electron chi connectivity index (χ1n) is 9.70. The summed E-state index contributed by atoms with van der Waals surface area (Å²) in [6.45, 7) is 3.94. The summed E-state index contributed by atoms with van der Waals surface area (Å²) in [6.07, 6.45) is 4.84. The molecule has 0 fully saturated rings. The average Bonchev–Trinajstić information content (AvgIpc) is 3.27. The molecule has 1 aromatic carbocycles. The Kier molecular flexibility index (Phi) is 6.24. The molecule has 2 aromatic heterocycles. The molecular formula is C19H23IN6O2S2. The van der Waals surface area contributed by atoms with Crippen LogP contribution in [-0.4, -0.2) is 39.7 Å². The van der Waals surface area contributed by atoms with Crippen LogP contribution >= 0.6 is 34.4 Å².